The highest BCUT2D eigenvalue weighted by atomic mass is 19.4. The molecule has 0 saturated heterocycles. The van der Waals surface area contributed by atoms with Crippen LogP contribution in [0.15, 0.2) is 48.1 Å². The predicted octanol–water partition coefficient (Wildman–Crippen LogP) is 7.40. The minimum atomic E-state index is -4.70. The summed E-state index contributed by atoms with van der Waals surface area (Å²) in [6, 6.07) is 6.24. The first-order chi connectivity index (χ1) is 17.0. The summed E-state index contributed by atoms with van der Waals surface area (Å²) in [4.78, 5) is 24.9. The Balaban J connectivity index is 1.36. The van der Waals surface area contributed by atoms with Crippen molar-refractivity contribution in [2.75, 3.05) is 0 Å². The van der Waals surface area contributed by atoms with E-state index in [1.54, 1.807) is 13.0 Å². The van der Waals surface area contributed by atoms with E-state index in [1.807, 2.05) is 12.1 Å². The van der Waals surface area contributed by atoms with Crippen LogP contribution in [0.5, 0.6) is 5.75 Å². The molecule has 2 saturated carbocycles. The fourth-order valence-corrected chi connectivity index (χ4v) is 8.43. The van der Waals surface area contributed by atoms with Gasteiger partial charge in [-0.2, -0.15) is 0 Å². The van der Waals surface area contributed by atoms with Crippen LogP contribution < -0.4 is 4.74 Å². The number of allylic oxidation sites excluding steroid dienone is 4. The monoisotopic (exact) mass is 500 g/mol. The molecular weight excluding hydrogens is 465 g/mol. The number of alkyl halides is 3. The zero-order valence-corrected chi connectivity index (χ0v) is 21.1. The fraction of sp³-hybridized carbons (Fsp3) is 0.600. The maximum Gasteiger partial charge on any atom is 0.573 e. The molecule has 4 aliphatic rings. The molecule has 36 heavy (non-hydrogen) atoms. The molecule has 5 rings (SSSR count). The van der Waals surface area contributed by atoms with E-state index in [9.17, 15) is 22.8 Å². The van der Waals surface area contributed by atoms with Crippen LogP contribution in [-0.2, 0) is 16.0 Å². The fourth-order valence-electron chi connectivity index (χ4n) is 8.43. The molecule has 0 spiro atoms. The Hall–Kier alpha value is -2.37. The van der Waals surface area contributed by atoms with Crippen molar-refractivity contribution in [3.63, 3.8) is 0 Å². The largest absolute Gasteiger partial charge is 0.573 e. The summed E-state index contributed by atoms with van der Waals surface area (Å²) in [6.45, 7) is 4.05. The van der Waals surface area contributed by atoms with E-state index >= 15 is 0 Å². The summed E-state index contributed by atoms with van der Waals surface area (Å²) in [5, 5.41) is 0. The van der Waals surface area contributed by atoms with E-state index in [2.05, 4.69) is 23.8 Å². The van der Waals surface area contributed by atoms with E-state index in [4.69, 9.17) is 0 Å². The molecule has 6 heteroatoms. The third-order valence-electron chi connectivity index (χ3n) is 9.96. The Morgan fingerprint density at radius 3 is 2.69 bits per heavy atom. The number of ketones is 2. The van der Waals surface area contributed by atoms with Gasteiger partial charge in [0, 0.05) is 12.3 Å². The van der Waals surface area contributed by atoms with Gasteiger partial charge in [-0.15, -0.1) is 13.2 Å². The van der Waals surface area contributed by atoms with Crippen LogP contribution in [0.1, 0.15) is 70.8 Å². The minimum absolute atomic E-state index is 0.0206. The second-order valence-corrected chi connectivity index (χ2v) is 11.7. The van der Waals surface area contributed by atoms with Crippen molar-refractivity contribution in [1.29, 1.82) is 0 Å². The maximum atomic E-state index is 12.8. The van der Waals surface area contributed by atoms with Gasteiger partial charge in [-0.25, -0.2) is 0 Å². The lowest BCUT2D eigenvalue weighted by Crippen LogP contribution is -2.50. The third kappa shape index (κ3) is 4.45. The second-order valence-electron chi connectivity index (χ2n) is 11.7. The molecular formula is C30H35F3O3. The molecule has 6 atom stereocenters. The molecule has 0 heterocycles. The molecule has 2 fully saturated rings. The Morgan fingerprint density at radius 1 is 1.14 bits per heavy atom. The number of Topliss-reactive ketones (excluding diaryl/α,β-unsaturated/α-hetero) is 1. The first kappa shape index (κ1) is 25.3. The Bertz CT molecular complexity index is 1100. The molecule has 0 N–H and O–H groups in total. The number of aryl methyl sites for hydroxylation is 1. The molecule has 0 radical (unpaired) electrons. The van der Waals surface area contributed by atoms with E-state index < -0.39 is 6.36 Å². The number of carbonyl (C=O) groups is 2. The van der Waals surface area contributed by atoms with Crippen molar-refractivity contribution in [3.05, 3.63) is 53.6 Å². The molecule has 0 unspecified atom stereocenters. The first-order valence-electron chi connectivity index (χ1n) is 13.3. The lowest BCUT2D eigenvalue weighted by atomic mass is 9.47. The van der Waals surface area contributed by atoms with Gasteiger partial charge >= 0.3 is 6.36 Å². The zero-order chi connectivity index (χ0) is 25.7. The number of carbonyl (C=O) groups excluding carboxylic acids is 2. The second kappa shape index (κ2) is 9.18. The first-order valence-corrected chi connectivity index (χ1v) is 13.3. The molecule has 1 aromatic carbocycles. The Kier molecular flexibility index (Phi) is 6.45. The van der Waals surface area contributed by atoms with Crippen molar-refractivity contribution >= 4 is 11.6 Å². The molecule has 3 nitrogen and oxygen atoms in total. The highest BCUT2D eigenvalue weighted by Crippen LogP contribution is 2.66. The highest BCUT2D eigenvalue weighted by Gasteiger charge is 2.60. The SMILES string of the molecule is CC(=O)[C@H]1CC[C@H]2[C@@H]3C=CC4=CC(=O)CC[C@@]4(C)[C@@H]3CC[C@]12CCCc1cccc(OC(F)(F)F)c1. The molecule has 1 aromatic rings. The summed E-state index contributed by atoms with van der Waals surface area (Å²) < 4.78 is 42.0. The molecule has 0 aromatic heterocycles. The number of hydrogen-bond acceptors (Lipinski definition) is 3. The van der Waals surface area contributed by atoms with Crippen LogP contribution in [0, 0.1) is 34.5 Å². The standard InChI is InChI=1S/C30H35F3O3/c1-19(34)25-10-11-27-24-9-8-21-18-22(35)12-15-28(21,2)26(24)13-16-29(25,27)14-4-6-20-5-3-7-23(17-20)36-30(31,32)33/h3,5,7-9,17-18,24-27H,4,6,10-16H2,1-2H3/t24-,25-,26-,27+,28-,29-/m1/s1. The van der Waals surface area contributed by atoms with Gasteiger partial charge in [0.15, 0.2) is 5.78 Å². The van der Waals surface area contributed by atoms with Crippen molar-refractivity contribution < 1.29 is 27.5 Å². The summed E-state index contributed by atoms with van der Waals surface area (Å²) >= 11 is 0. The van der Waals surface area contributed by atoms with Gasteiger partial charge in [0.05, 0.1) is 0 Å². The Labute approximate surface area is 211 Å². The average Bonchev–Trinajstić information content (AvgIpc) is 3.19. The minimum Gasteiger partial charge on any atom is -0.406 e. The molecule has 0 bridgehead atoms. The summed E-state index contributed by atoms with van der Waals surface area (Å²) in [7, 11) is 0. The lowest BCUT2D eigenvalue weighted by Gasteiger charge is -2.57. The topological polar surface area (TPSA) is 43.4 Å². The molecule has 194 valence electrons. The van der Waals surface area contributed by atoms with Gasteiger partial charge < -0.3 is 4.74 Å². The van der Waals surface area contributed by atoms with Crippen LogP contribution >= 0.6 is 0 Å². The van der Waals surface area contributed by atoms with Crippen molar-refractivity contribution in [3.8, 4) is 5.75 Å². The van der Waals surface area contributed by atoms with Crippen molar-refractivity contribution in [2.24, 2.45) is 34.5 Å². The lowest BCUT2D eigenvalue weighted by molar-refractivity contribution is -0.274. The maximum absolute atomic E-state index is 12.8. The van der Waals surface area contributed by atoms with E-state index in [0.29, 0.717) is 30.6 Å². The quantitative estimate of drug-likeness (QED) is 0.409. The summed E-state index contributed by atoms with van der Waals surface area (Å²) in [5.41, 5.74) is 1.96. The molecule has 0 aliphatic heterocycles. The van der Waals surface area contributed by atoms with Crippen molar-refractivity contribution in [2.45, 2.75) is 78.0 Å². The Morgan fingerprint density at radius 2 is 1.94 bits per heavy atom. The van der Waals surface area contributed by atoms with Crippen LogP contribution in [0.4, 0.5) is 13.2 Å². The zero-order valence-electron chi connectivity index (χ0n) is 21.1. The van der Waals surface area contributed by atoms with Gasteiger partial charge in [-0.1, -0.05) is 31.2 Å². The van der Waals surface area contributed by atoms with Crippen LogP contribution in [-0.4, -0.2) is 17.9 Å². The number of rotatable bonds is 6. The summed E-state index contributed by atoms with van der Waals surface area (Å²) in [6.07, 6.45) is 9.57. The van der Waals surface area contributed by atoms with Gasteiger partial charge in [0.1, 0.15) is 11.5 Å². The number of ether oxygens (including phenoxy) is 1. The van der Waals surface area contributed by atoms with Crippen LogP contribution in [0.2, 0.25) is 0 Å². The van der Waals surface area contributed by atoms with Crippen LogP contribution in [0.3, 0.4) is 0 Å². The number of hydrogen-bond donors (Lipinski definition) is 0. The molecule has 0 amide bonds. The normalized spacial score (nSPS) is 35.5. The van der Waals surface area contributed by atoms with Gasteiger partial charge in [0.25, 0.3) is 0 Å². The summed E-state index contributed by atoms with van der Waals surface area (Å²) in [5.74, 6) is 1.68. The predicted molar refractivity (Wildman–Crippen MR) is 131 cm³/mol. The van der Waals surface area contributed by atoms with Gasteiger partial charge in [0.2, 0.25) is 0 Å². The number of benzene rings is 1. The van der Waals surface area contributed by atoms with E-state index in [0.717, 1.165) is 50.5 Å². The van der Waals surface area contributed by atoms with Gasteiger partial charge in [-0.3, -0.25) is 9.59 Å². The van der Waals surface area contributed by atoms with E-state index in [-0.39, 0.29) is 34.1 Å². The highest BCUT2D eigenvalue weighted by molar-refractivity contribution is 5.92. The van der Waals surface area contributed by atoms with Gasteiger partial charge in [-0.05, 0) is 116 Å². The molecule has 4 aliphatic carbocycles. The van der Waals surface area contributed by atoms with Crippen molar-refractivity contribution in [1.82, 2.24) is 0 Å². The third-order valence-corrected chi connectivity index (χ3v) is 9.96. The average molecular weight is 501 g/mol. The van der Waals surface area contributed by atoms with Crippen LogP contribution in [0.25, 0.3) is 0 Å². The number of halogens is 3. The smallest absolute Gasteiger partial charge is 0.406 e. The number of fused-ring (bicyclic) bond motifs is 5. The van der Waals surface area contributed by atoms with E-state index in [1.165, 1.54) is 17.7 Å².